The molecule has 2 N–H and O–H groups in total. The molecule has 6 nitrogen and oxygen atoms in total. The van der Waals surface area contributed by atoms with Gasteiger partial charge in [0.05, 0.1) is 17.2 Å². The van der Waals surface area contributed by atoms with Gasteiger partial charge in [-0.2, -0.15) is 0 Å². The molecule has 0 spiro atoms. The zero-order valence-electron chi connectivity index (χ0n) is 18.9. The van der Waals surface area contributed by atoms with E-state index < -0.39 is 0 Å². The van der Waals surface area contributed by atoms with Gasteiger partial charge in [-0.1, -0.05) is 40.0 Å². The van der Waals surface area contributed by atoms with Gasteiger partial charge in [0, 0.05) is 42.4 Å². The van der Waals surface area contributed by atoms with Crippen LogP contribution in [0.3, 0.4) is 0 Å². The molecule has 1 atom stereocenters. The van der Waals surface area contributed by atoms with Gasteiger partial charge < -0.3 is 15.5 Å². The maximum absolute atomic E-state index is 12.8. The third-order valence-electron chi connectivity index (χ3n) is 5.73. The maximum atomic E-state index is 12.8. The summed E-state index contributed by atoms with van der Waals surface area (Å²) < 4.78 is 0. The molecule has 1 saturated carbocycles. The first kappa shape index (κ1) is 25.4. The Labute approximate surface area is 202 Å². The molecule has 1 aliphatic heterocycles. The lowest BCUT2D eigenvalue weighted by atomic mass is 9.88. The highest BCUT2D eigenvalue weighted by Crippen LogP contribution is 2.27. The molecule has 8 heteroatoms. The van der Waals surface area contributed by atoms with Crippen LogP contribution in [-0.2, 0) is 16.8 Å². The molecule has 30 heavy (non-hydrogen) atoms. The Morgan fingerprint density at radius 2 is 2.00 bits per heavy atom. The van der Waals surface area contributed by atoms with Gasteiger partial charge in [0.2, 0.25) is 5.91 Å². The number of thiazole rings is 1. The molecule has 2 aliphatic rings. The molecule has 2 fully saturated rings. The topological polar surface area (TPSA) is 69.6 Å². The zero-order chi connectivity index (χ0) is 20.9. The number of hydrogen-bond donors (Lipinski definition) is 2. The highest BCUT2D eigenvalue weighted by Gasteiger charge is 2.31. The highest BCUT2D eigenvalue weighted by atomic mass is 127. The minimum atomic E-state index is 0. The molecule has 0 bridgehead atoms. The van der Waals surface area contributed by atoms with Crippen molar-refractivity contribution in [3.05, 3.63) is 16.1 Å². The Morgan fingerprint density at radius 1 is 1.27 bits per heavy atom. The largest absolute Gasteiger partial charge is 0.357 e. The van der Waals surface area contributed by atoms with Crippen LogP contribution in [-0.4, -0.2) is 47.4 Å². The number of nitrogens with one attached hydrogen (secondary N) is 2. The summed E-state index contributed by atoms with van der Waals surface area (Å²) in [5.41, 5.74) is 1.09. The number of halogens is 1. The van der Waals surface area contributed by atoms with Crippen molar-refractivity contribution in [2.75, 3.05) is 19.6 Å². The molecule has 1 aliphatic carbocycles. The number of carbonyl (C=O) groups is 1. The standard InChI is InChI=1S/C22H37N5OS.HI/c1-5-23-21(24-13-18-15-29-20(25-18)22(2,3)4)26-17-11-12-27(14-17)19(28)16-9-7-6-8-10-16;/h15-17H,5-14H2,1-4H3,(H2,23,24,26);1H. The molecule has 3 rings (SSSR count). The van der Waals surface area contributed by atoms with Crippen molar-refractivity contribution in [3.63, 3.8) is 0 Å². The molecular formula is C22H38IN5OS. The van der Waals surface area contributed by atoms with Crippen LogP contribution >= 0.6 is 35.3 Å². The third kappa shape index (κ3) is 7.07. The Kier molecular flexibility index (Phi) is 9.84. The summed E-state index contributed by atoms with van der Waals surface area (Å²) in [6.07, 6.45) is 6.82. The second-order valence-corrected chi connectivity index (χ2v) is 10.2. The van der Waals surface area contributed by atoms with Crippen molar-refractivity contribution in [1.82, 2.24) is 20.5 Å². The van der Waals surface area contributed by atoms with Crippen LogP contribution in [0.5, 0.6) is 0 Å². The molecule has 170 valence electrons. The van der Waals surface area contributed by atoms with E-state index in [1.807, 2.05) is 0 Å². The van der Waals surface area contributed by atoms with Crippen LogP contribution in [0.1, 0.15) is 76.9 Å². The van der Waals surface area contributed by atoms with Crippen LogP contribution in [0.25, 0.3) is 0 Å². The molecule has 1 amide bonds. The third-order valence-corrected chi connectivity index (χ3v) is 7.05. The van der Waals surface area contributed by atoms with Crippen LogP contribution in [0.4, 0.5) is 0 Å². The fourth-order valence-corrected chi connectivity index (χ4v) is 4.98. The van der Waals surface area contributed by atoms with E-state index in [0.29, 0.717) is 12.5 Å². The summed E-state index contributed by atoms with van der Waals surface area (Å²) in [6.45, 7) is 11.6. The Hall–Kier alpha value is -0.900. The Morgan fingerprint density at radius 3 is 2.63 bits per heavy atom. The zero-order valence-corrected chi connectivity index (χ0v) is 22.0. The van der Waals surface area contributed by atoms with Crippen molar-refractivity contribution in [1.29, 1.82) is 0 Å². The first-order chi connectivity index (χ1) is 13.9. The lowest BCUT2D eigenvalue weighted by Gasteiger charge is -2.26. The SMILES string of the molecule is CCNC(=NCc1csc(C(C)(C)C)n1)NC1CCN(C(=O)C2CCCCC2)C1.I. The van der Waals surface area contributed by atoms with Crippen molar-refractivity contribution < 1.29 is 4.79 Å². The summed E-state index contributed by atoms with van der Waals surface area (Å²) in [4.78, 5) is 24.3. The van der Waals surface area contributed by atoms with Crippen LogP contribution < -0.4 is 10.6 Å². The number of hydrogen-bond acceptors (Lipinski definition) is 4. The van der Waals surface area contributed by atoms with E-state index in [0.717, 1.165) is 55.6 Å². The van der Waals surface area contributed by atoms with E-state index in [9.17, 15) is 4.79 Å². The fourth-order valence-electron chi connectivity index (χ4n) is 4.08. The van der Waals surface area contributed by atoms with Gasteiger partial charge in [-0.15, -0.1) is 35.3 Å². The molecule has 1 aromatic rings. The second kappa shape index (κ2) is 11.6. The van der Waals surface area contributed by atoms with Crippen molar-refractivity contribution in [2.24, 2.45) is 10.9 Å². The van der Waals surface area contributed by atoms with E-state index in [-0.39, 0.29) is 41.4 Å². The van der Waals surface area contributed by atoms with Gasteiger partial charge in [-0.3, -0.25) is 4.79 Å². The van der Waals surface area contributed by atoms with E-state index >= 15 is 0 Å². The summed E-state index contributed by atoms with van der Waals surface area (Å²) in [5.74, 6) is 1.44. The minimum Gasteiger partial charge on any atom is -0.357 e. The average molecular weight is 548 g/mol. The van der Waals surface area contributed by atoms with E-state index in [4.69, 9.17) is 9.98 Å². The number of amides is 1. The second-order valence-electron chi connectivity index (χ2n) is 9.34. The monoisotopic (exact) mass is 547 g/mol. The first-order valence-corrected chi connectivity index (χ1v) is 12.0. The number of rotatable bonds is 5. The Bertz CT molecular complexity index is 709. The molecule has 1 saturated heterocycles. The van der Waals surface area contributed by atoms with Gasteiger partial charge >= 0.3 is 0 Å². The van der Waals surface area contributed by atoms with Crippen molar-refractivity contribution >= 4 is 47.2 Å². The molecular weight excluding hydrogens is 509 g/mol. The van der Waals surface area contributed by atoms with Crippen molar-refractivity contribution in [2.45, 2.75) is 84.2 Å². The van der Waals surface area contributed by atoms with E-state index in [2.05, 4.69) is 48.6 Å². The number of likely N-dealkylation sites (tertiary alicyclic amines) is 1. The fraction of sp³-hybridized carbons (Fsp3) is 0.773. The first-order valence-electron chi connectivity index (χ1n) is 11.2. The molecule has 0 radical (unpaired) electrons. The van der Waals surface area contributed by atoms with E-state index in [1.54, 1.807) is 11.3 Å². The van der Waals surface area contributed by atoms with Gasteiger partial charge in [0.25, 0.3) is 0 Å². The van der Waals surface area contributed by atoms with Crippen LogP contribution in [0.2, 0.25) is 0 Å². The minimum absolute atomic E-state index is 0. The predicted molar refractivity (Wildman–Crippen MR) is 136 cm³/mol. The van der Waals surface area contributed by atoms with Crippen LogP contribution in [0, 0.1) is 5.92 Å². The smallest absolute Gasteiger partial charge is 0.225 e. The highest BCUT2D eigenvalue weighted by molar-refractivity contribution is 14.0. The maximum Gasteiger partial charge on any atom is 0.225 e. The predicted octanol–water partition coefficient (Wildman–Crippen LogP) is 4.29. The summed E-state index contributed by atoms with van der Waals surface area (Å²) in [5, 5.41) is 10.1. The summed E-state index contributed by atoms with van der Waals surface area (Å²) in [6, 6.07) is 0.265. The molecule has 0 aromatic carbocycles. The molecule has 2 heterocycles. The van der Waals surface area contributed by atoms with Gasteiger partial charge in [0.1, 0.15) is 0 Å². The molecule has 1 aromatic heterocycles. The number of guanidine groups is 1. The summed E-state index contributed by atoms with van der Waals surface area (Å²) in [7, 11) is 0. The van der Waals surface area contributed by atoms with Crippen LogP contribution in [0.15, 0.2) is 10.4 Å². The normalized spacial score (nSPS) is 20.7. The molecule has 1 unspecified atom stereocenters. The van der Waals surface area contributed by atoms with E-state index in [1.165, 1.54) is 19.3 Å². The lowest BCUT2D eigenvalue weighted by molar-refractivity contribution is -0.135. The number of aromatic nitrogens is 1. The lowest BCUT2D eigenvalue weighted by Crippen LogP contribution is -2.45. The van der Waals surface area contributed by atoms with Gasteiger partial charge in [-0.05, 0) is 26.2 Å². The summed E-state index contributed by atoms with van der Waals surface area (Å²) >= 11 is 1.71. The number of carbonyl (C=O) groups excluding carboxylic acids is 1. The number of nitrogens with zero attached hydrogens (tertiary/aromatic N) is 3. The quantitative estimate of drug-likeness (QED) is 0.328. The number of aliphatic imine (C=N–C) groups is 1. The van der Waals surface area contributed by atoms with Crippen molar-refractivity contribution in [3.8, 4) is 0 Å². The Balaban J connectivity index is 0.00000320. The average Bonchev–Trinajstić information content (AvgIpc) is 3.36. The van der Waals surface area contributed by atoms with Gasteiger partial charge in [-0.25, -0.2) is 9.98 Å². The van der Waals surface area contributed by atoms with Gasteiger partial charge in [0.15, 0.2) is 5.96 Å².